The van der Waals surface area contributed by atoms with Gasteiger partial charge in [0.15, 0.2) is 11.5 Å². The molecule has 2 aromatic rings. The highest BCUT2D eigenvalue weighted by molar-refractivity contribution is 5.84. The SMILES string of the molecule is Cc1nc(NCC(=O)O)c2ncn(C)c2n1. The first-order chi connectivity index (χ1) is 7.58. The number of hydrogen-bond donors (Lipinski definition) is 2. The number of anilines is 1. The third-order valence-corrected chi connectivity index (χ3v) is 2.08. The van der Waals surface area contributed by atoms with Crippen molar-refractivity contribution in [1.29, 1.82) is 0 Å². The Morgan fingerprint density at radius 1 is 1.56 bits per heavy atom. The molecule has 0 radical (unpaired) electrons. The Morgan fingerprint density at radius 3 is 3.00 bits per heavy atom. The molecule has 16 heavy (non-hydrogen) atoms. The molecule has 2 N–H and O–H groups in total. The topological polar surface area (TPSA) is 92.9 Å². The summed E-state index contributed by atoms with van der Waals surface area (Å²) in [6.45, 7) is 1.56. The molecule has 0 aromatic carbocycles. The van der Waals surface area contributed by atoms with Gasteiger partial charge in [0, 0.05) is 7.05 Å². The molecular formula is C9H11N5O2. The second-order valence-corrected chi connectivity index (χ2v) is 3.39. The van der Waals surface area contributed by atoms with Crippen molar-refractivity contribution in [2.75, 3.05) is 11.9 Å². The van der Waals surface area contributed by atoms with E-state index in [0.717, 1.165) is 0 Å². The molecular weight excluding hydrogens is 210 g/mol. The number of rotatable bonds is 3. The number of aliphatic carboxylic acids is 1. The molecule has 0 atom stereocenters. The molecule has 7 heteroatoms. The minimum absolute atomic E-state index is 0.192. The summed E-state index contributed by atoms with van der Waals surface area (Å²) in [5, 5.41) is 11.3. The zero-order valence-electron chi connectivity index (χ0n) is 8.93. The number of nitrogens with zero attached hydrogens (tertiary/aromatic N) is 4. The van der Waals surface area contributed by atoms with Gasteiger partial charge in [-0.3, -0.25) is 4.79 Å². The molecule has 2 aromatic heterocycles. The molecule has 84 valence electrons. The lowest BCUT2D eigenvalue weighted by atomic mass is 10.4. The van der Waals surface area contributed by atoms with Crippen molar-refractivity contribution in [3.8, 4) is 0 Å². The van der Waals surface area contributed by atoms with Gasteiger partial charge >= 0.3 is 5.97 Å². The Labute approximate surface area is 91.2 Å². The van der Waals surface area contributed by atoms with E-state index in [0.29, 0.717) is 22.8 Å². The smallest absolute Gasteiger partial charge is 0.322 e. The maximum Gasteiger partial charge on any atom is 0.322 e. The van der Waals surface area contributed by atoms with Gasteiger partial charge < -0.3 is 15.0 Å². The highest BCUT2D eigenvalue weighted by Gasteiger charge is 2.10. The number of aryl methyl sites for hydroxylation is 2. The summed E-state index contributed by atoms with van der Waals surface area (Å²) < 4.78 is 1.76. The van der Waals surface area contributed by atoms with E-state index in [2.05, 4.69) is 20.3 Å². The Bertz CT molecular complexity index is 548. The molecule has 0 aliphatic heterocycles. The van der Waals surface area contributed by atoms with Crippen LogP contribution in [0.25, 0.3) is 11.2 Å². The van der Waals surface area contributed by atoms with Crippen LogP contribution in [0.1, 0.15) is 5.82 Å². The minimum Gasteiger partial charge on any atom is -0.480 e. The second-order valence-electron chi connectivity index (χ2n) is 3.39. The molecule has 0 fully saturated rings. The summed E-state index contributed by atoms with van der Waals surface area (Å²) in [6.07, 6.45) is 1.62. The van der Waals surface area contributed by atoms with Crippen molar-refractivity contribution in [1.82, 2.24) is 19.5 Å². The van der Waals surface area contributed by atoms with Crippen LogP contribution in [0.4, 0.5) is 5.82 Å². The van der Waals surface area contributed by atoms with Crippen molar-refractivity contribution in [2.24, 2.45) is 7.05 Å². The fourth-order valence-electron chi connectivity index (χ4n) is 1.40. The van der Waals surface area contributed by atoms with E-state index < -0.39 is 5.97 Å². The van der Waals surface area contributed by atoms with Crippen LogP contribution in [-0.4, -0.2) is 37.1 Å². The largest absolute Gasteiger partial charge is 0.480 e. The fourth-order valence-corrected chi connectivity index (χ4v) is 1.40. The third-order valence-electron chi connectivity index (χ3n) is 2.08. The predicted octanol–water partition coefficient (Wildman–Crippen LogP) is 0.168. The quantitative estimate of drug-likeness (QED) is 0.767. The number of fused-ring (bicyclic) bond motifs is 1. The molecule has 0 aliphatic rings. The van der Waals surface area contributed by atoms with Gasteiger partial charge in [-0.15, -0.1) is 0 Å². The predicted molar refractivity (Wildman–Crippen MR) is 57.2 cm³/mol. The van der Waals surface area contributed by atoms with Crippen molar-refractivity contribution in [3.05, 3.63) is 12.2 Å². The van der Waals surface area contributed by atoms with E-state index in [9.17, 15) is 4.79 Å². The van der Waals surface area contributed by atoms with Crippen LogP contribution in [0.5, 0.6) is 0 Å². The highest BCUT2D eigenvalue weighted by atomic mass is 16.4. The average Bonchev–Trinajstić information content (AvgIpc) is 2.57. The molecule has 0 saturated carbocycles. The van der Waals surface area contributed by atoms with Crippen molar-refractivity contribution in [2.45, 2.75) is 6.92 Å². The first-order valence-corrected chi connectivity index (χ1v) is 4.69. The summed E-state index contributed by atoms with van der Waals surface area (Å²) in [4.78, 5) is 22.9. The van der Waals surface area contributed by atoms with Crippen molar-refractivity contribution < 1.29 is 9.90 Å². The van der Waals surface area contributed by atoms with Crippen LogP contribution >= 0.6 is 0 Å². The molecule has 0 saturated heterocycles. The molecule has 2 rings (SSSR count). The number of carbonyl (C=O) groups is 1. The third kappa shape index (κ3) is 1.79. The van der Waals surface area contributed by atoms with Crippen LogP contribution in [0, 0.1) is 6.92 Å². The monoisotopic (exact) mass is 221 g/mol. The average molecular weight is 221 g/mol. The zero-order valence-corrected chi connectivity index (χ0v) is 8.93. The van der Waals surface area contributed by atoms with Gasteiger partial charge in [0.2, 0.25) is 0 Å². The van der Waals surface area contributed by atoms with Crippen LogP contribution in [0.3, 0.4) is 0 Å². The lowest BCUT2D eigenvalue weighted by molar-refractivity contribution is -0.134. The molecule has 0 amide bonds. The fraction of sp³-hybridized carbons (Fsp3) is 0.333. The lowest BCUT2D eigenvalue weighted by Crippen LogP contribution is -2.14. The number of hydrogen-bond acceptors (Lipinski definition) is 5. The first-order valence-electron chi connectivity index (χ1n) is 4.69. The van der Waals surface area contributed by atoms with Gasteiger partial charge in [-0.25, -0.2) is 15.0 Å². The summed E-state index contributed by atoms with van der Waals surface area (Å²) >= 11 is 0. The van der Waals surface area contributed by atoms with Crippen LogP contribution in [0.15, 0.2) is 6.33 Å². The Hall–Kier alpha value is -2.18. The van der Waals surface area contributed by atoms with Gasteiger partial charge in [-0.2, -0.15) is 0 Å². The molecule has 7 nitrogen and oxygen atoms in total. The second kappa shape index (κ2) is 3.76. The summed E-state index contributed by atoms with van der Waals surface area (Å²) in [5.74, 6) is 0.0786. The van der Waals surface area contributed by atoms with Crippen LogP contribution < -0.4 is 5.32 Å². The summed E-state index contributed by atoms with van der Waals surface area (Å²) in [5.41, 5.74) is 1.26. The van der Waals surface area contributed by atoms with E-state index >= 15 is 0 Å². The van der Waals surface area contributed by atoms with E-state index in [1.165, 1.54) is 0 Å². The van der Waals surface area contributed by atoms with Crippen LogP contribution in [-0.2, 0) is 11.8 Å². The summed E-state index contributed by atoms with van der Waals surface area (Å²) in [6, 6.07) is 0. The standard InChI is InChI=1S/C9H11N5O2/c1-5-12-8(10-3-6(15)16)7-9(13-5)14(2)4-11-7/h4H,3H2,1-2H3,(H,15,16)(H,10,12,13). The molecule has 0 aliphatic carbocycles. The molecule has 2 heterocycles. The van der Waals surface area contributed by atoms with Gasteiger partial charge in [0.25, 0.3) is 0 Å². The van der Waals surface area contributed by atoms with E-state index in [1.807, 2.05) is 7.05 Å². The zero-order chi connectivity index (χ0) is 11.7. The number of carboxylic acids is 1. The molecule has 0 bridgehead atoms. The van der Waals surface area contributed by atoms with Crippen molar-refractivity contribution in [3.63, 3.8) is 0 Å². The summed E-state index contributed by atoms with van der Waals surface area (Å²) in [7, 11) is 1.82. The number of imidazole rings is 1. The van der Waals surface area contributed by atoms with E-state index in [4.69, 9.17) is 5.11 Å². The Kier molecular flexibility index (Phi) is 2.43. The van der Waals surface area contributed by atoms with Gasteiger partial charge in [0.05, 0.1) is 6.33 Å². The normalized spacial score (nSPS) is 10.6. The van der Waals surface area contributed by atoms with Gasteiger partial charge in [-0.1, -0.05) is 0 Å². The van der Waals surface area contributed by atoms with Crippen LogP contribution in [0.2, 0.25) is 0 Å². The number of carboxylic acid groups (broad SMARTS) is 1. The van der Waals surface area contributed by atoms with E-state index in [-0.39, 0.29) is 6.54 Å². The lowest BCUT2D eigenvalue weighted by Gasteiger charge is -2.04. The number of nitrogens with one attached hydrogen (secondary N) is 1. The van der Waals surface area contributed by atoms with Gasteiger partial charge in [-0.05, 0) is 6.92 Å². The highest BCUT2D eigenvalue weighted by Crippen LogP contribution is 2.17. The number of aromatic nitrogens is 4. The van der Waals surface area contributed by atoms with Crippen molar-refractivity contribution >= 4 is 23.0 Å². The maximum atomic E-state index is 10.5. The minimum atomic E-state index is -0.944. The molecule has 0 unspecified atom stereocenters. The Balaban J connectivity index is 2.46. The maximum absolute atomic E-state index is 10.5. The van der Waals surface area contributed by atoms with Gasteiger partial charge in [0.1, 0.15) is 17.9 Å². The van der Waals surface area contributed by atoms with E-state index in [1.54, 1.807) is 17.8 Å². The molecule has 0 spiro atoms. The first kappa shape index (κ1) is 10.3. The Morgan fingerprint density at radius 2 is 2.31 bits per heavy atom.